The van der Waals surface area contributed by atoms with Crippen molar-refractivity contribution in [1.82, 2.24) is 10.2 Å². The summed E-state index contributed by atoms with van der Waals surface area (Å²) >= 11 is 0. The number of likely N-dealkylation sites (tertiary alicyclic amines) is 1. The van der Waals surface area contributed by atoms with E-state index in [0.29, 0.717) is 19.4 Å². The molecule has 0 atom stereocenters. The lowest BCUT2D eigenvalue weighted by atomic mass is 10.1. The van der Waals surface area contributed by atoms with E-state index >= 15 is 0 Å². The molecule has 0 bridgehead atoms. The van der Waals surface area contributed by atoms with Crippen LogP contribution in [-0.2, 0) is 16.1 Å². The largest absolute Gasteiger partial charge is 0.356 e. The first-order valence-corrected chi connectivity index (χ1v) is 9.59. The highest BCUT2D eigenvalue weighted by molar-refractivity contribution is 5.90. The minimum Gasteiger partial charge on any atom is -0.356 e. The molecule has 0 aromatic heterocycles. The van der Waals surface area contributed by atoms with Crippen molar-refractivity contribution in [3.05, 3.63) is 29.8 Å². The van der Waals surface area contributed by atoms with Crippen LogP contribution >= 0.6 is 0 Å². The van der Waals surface area contributed by atoms with Crippen molar-refractivity contribution in [2.24, 2.45) is 5.92 Å². The van der Waals surface area contributed by atoms with Crippen LogP contribution in [0.15, 0.2) is 24.3 Å². The van der Waals surface area contributed by atoms with Crippen molar-refractivity contribution in [3.8, 4) is 0 Å². The van der Waals surface area contributed by atoms with E-state index in [0.717, 1.165) is 25.1 Å². The van der Waals surface area contributed by atoms with Crippen LogP contribution in [0, 0.1) is 5.92 Å². The Labute approximate surface area is 150 Å². The van der Waals surface area contributed by atoms with Gasteiger partial charge in [-0.25, -0.2) is 0 Å². The molecule has 25 heavy (non-hydrogen) atoms. The molecule has 5 heteroatoms. The van der Waals surface area contributed by atoms with E-state index in [1.54, 1.807) is 0 Å². The molecule has 1 aromatic carbocycles. The maximum absolute atomic E-state index is 12.1. The molecule has 0 unspecified atom stereocenters. The molecule has 0 spiro atoms. The van der Waals surface area contributed by atoms with E-state index in [1.807, 2.05) is 12.1 Å². The average molecular weight is 343 g/mol. The van der Waals surface area contributed by atoms with Crippen LogP contribution in [0.4, 0.5) is 5.69 Å². The predicted octanol–water partition coefficient (Wildman–Crippen LogP) is 2.92. The van der Waals surface area contributed by atoms with Crippen molar-refractivity contribution in [2.75, 3.05) is 25.0 Å². The molecule has 0 radical (unpaired) electrons. The summed E-state index contributed by atoms with van der Waals surface area (Å²) in [4.78, 5) is 26.1. The van der Waals surface area contributed by atoms with Crippen molar-refractivity contribution in [1.29, 1.82) is 0 Å². The summed E-state index contributed by atoms with van der Waals surface area (Å²) in [5, 5.41) is 5.87. The third-order valence-corrected chi connectivity index (χ3v) is 4.89. The van der Waals surface area contributed by atoms with Gasteiger partial charge >= 0.3 is 0 Å². The number of anilines is 1. The molecule has 2 N–H and O–H groups in total. The highest BCUT2D eigenvalue weighted by atomic mass is 16.2. The summed E-state index contributed by atoms with van der Waals surface area (Å²) < 4.78 is 0. The predicted molar refractivity (Wildman–Crippen MR) is 99.2 cm³/mol. The molecule has 1 aliphatic carbocycles. The van der Waals surface area contributed by atoms with Gasteiger partial charge in [-0.15, -0.1) is 0 Å². The van der Waals surface area contributed by atoms with Crippen LogP contribution in [0.2, 0.25) is 0 Å². The summed E-state index contributed by atoms with van der Waals surface area (Å²) in [5.74, 6) is 0.387. The Balaban J connectivity index is 1.38. The molecule has 136 valence electrons. The Morgan fingerprint density at radius 1 is 1.12 bits per heavy atom. The second-order valence-corrected chi connectivity index (χ2v) is 7.25. The molecule has 2 amide bonds. The van der Waals surface area contributed by atoms with Gasteiger partial charge in [-0.1, -0.05) is 18.6 Å². The van der Waals surface area contributed by atoms with Gasteiger partial charge in [0.15, 0.2) is 0 Å². The zero-order valence-electron chi connectivity index (χ0n) is 14.9. The van der Waals surface area contributed by atoms with Gasteiger partial charge in [0.25, 0.3) is 0 Å². The van der Waals surface area contributed by atoms with Gasteiger partial charge in [-0.05, 0) is 62.9 Å². The van der Waals surface area contributed by atoms with Gasteiger partial charge in [0.2, 0.25) is 11.8 Å². The fourth-order valence-corrected chi connectivity index (χ4v) is 3.30. The van der Waals surface area contributed by atoms with Gasteiger partial charge in [0.1, 0.15) is 0 Å². The second-order valence-electron chi connectivity index (χ2n) is 7.25. The fraction of sp³-hybridized carbons (Fsp3) is 0.600. The summed E-state index contributed by atoms with van der Waals surface area (Å²) in [6, 6.07) is 8.14. The molecular formula is C20H29N3O2. The number of benzene rings is 1. The van der Waals surface area contributed by atoms with Crippen LogP contribution in [0.1, 0.15) is 50.5 Å². The zero-order valence-corrected chi connectivity index (χ0v) is 14.9. The number of carbonyl (C=O) groups excluding carboxylic acids is 2. The molecule has 1 heterocycles. The van der Waals surface area contributed by atoms with E-state index in [-0.39, 0.29) is 17.7 Å². The van der Waals surface area contributed by atoms with Crippen LogP contribution in [0.3, 0.4) is 0 Å². The number of piperidine rings is 1. The molecule has 1 aromatic rings. The van der Waals surface area contributed by atoms with E-state index in [1.165, 1.54) is 37.9 Å². The number of hydrogen-bond donors (Lipinski definition) is 2. The summed E-state index contributed by atoms with van der Waals surface area (Å²) in [5.41, 5.74) is 2.11. The minimum absolute atomic E-state index is 0.00999. The van der Waals surface area contributed by atoms with Crippen LogP contribution in [-0.4, -0.2) is 36.3 Å². The molecule has 1 saturated heterocycles. The number of amides is 2. The Bertz CT molecular complexity index is 592. The molecule has 3 rings (SSSR count). The number of rotatable bonds is 8. The molecule has 2 fully saturated rings. The number of carbonyl (C=O) groups is 2. The van der Waals surface area contributed by atoms with Crippen LogP contribution < -0.4 is 10.6 Å². The van der Waals surface area contributed by atoms with E-state index in [4.69, 9.17) is 0 Å². The van der Waals surface area contributed by atoms with Crippen molar-refractivity contribution < 1.29 is 9.59 Å². The minimum atomic E-state index is 0.00999. The first kappa shape index (κ1) is 17.9. The SMILES string of the molecule is O=C(CCCNC(=O)C1CC1)Nc1cccc(CN2CCCCC2)c1. The van der Waals surface area contributed by atoms with Gasteiger partial charge < -0.3 is 10.6 Å². The quantitative estimate of drug-likeness (QED) is 0.714. The number of nitrogens with zero attached hydrogens (tertiary/aromatic N) is 1. The Morgan fingerprint density at radius 2 is 1.92 bits per heavy atom. The fourth-order valence-electron chi connectivity index (χ4n) is 3.30. The Morgan fingerprint density at radius 3 is 2.68 bits per heavy atom. The second kappa shape index (κ2) is 8.99. The highest BCUT2D eigenvalue weighted by Crippen LogP contribution is 2.28. The third-order valence-electron chi connectivity index (χ3n) is 4.89. The monoisotopic (exact) mass is 343 g/mol. The van der Waals surface area contributed by atoms with Crippen molar-refractivity contribution in [2.45, 2.75) is 51.5 Å². The van der Waals surface area contributed by atoms with E-state index in [9.17, 15) is 9.59 Å². The van der Waals surface area contributed by atoms with Gasteiger partial charge in [-0.2, -0.15) is 0 Å². The lowest BCUT2D eigenvalue weighted by Gasteiger charge is -2.26. The number of hydrogen-bond acceptors (Lipinski definition) is 3. The van der Waals surface area contributed by atoms with Gasteiger partial charge in [0.05, 0.1) is 0 Å². The first-order chi connectivity index (χ1) is 12.2. The molecular weight excluding hydrogens is 314 g/mol. The van der Waals surface area contributed by atoms with Gasteiger partial charge in [0, 0.05) is 31.1 Å². The highest BCUT2D eigenvalue weighted by Gasteiger charge is 2.28. The lowest BCUT2D eigenvalue weighted by Crippen LogP contribution is -2.29. The zero-order chi connectivity index (χ0) is 17.5. The maximum Gasteiger partial charge on any atom is 0.224 e. The standard InChI is InChI=1S/C20H29N3O2/c24-19(8-5-11-21-20(25)17-9-10-17)22-18-7-4-6-16(14-18)15-23-12-2-1-3-13-23/h4,6-7,14,17H,1-3,5,8-13,15H2,(H,21,25)(H,22,24). The smallest absolute Gasteiger partial charge is 0.224 e. The number of nitrogens with one attached hydrogen (secondary N) is 2. The molecule has 1 saturated carbocycles. The van der Waals surface area contributed by atoms with Crippen LogP contribution in [0.5, 0.6) is 0 Å². The van der Waals surface area contributed by atoms with Crippen molar-refractivity contribution in [3.63, 3.8) is 0 Å². The summed E-state index contributed by atoms with van der Waals surface area (Å²) in [7, 11) is 0. The molecule has 1 aliphatic heterocycles. The molecule has 2 aliphatic rings. The normalized spacial score (nSPS) is 17.9. The first-order valence-electron chi connectivity index (χ1n) is 9.59. The van der Waals surface area contributed by atoms with E-state index in [2.05, 4.69) is 27.7 Å². The topological polar surface area (TPSA) is 61.4 Å². The Kier molecular flexibility index (Phi) is 6.45. The average Bonchev–Trinajstić information content (AvgIpc) is 3.45. The molecule has 5 nitrogen and oxygen atoms in total. The van der Waals surface area contributed by atoms with Crippen molar-refractivity contribution >= 4 is 17.5 Å². The third kappa shape index (κ3) is 6.16. The Hall–Kier alpha value is -1.88. The lowest BCUT2D eigenvalue weighted by molar-refractivity contribution is -0.122. The summed E-state index contributed by atoms with van der Waals surface area (Å²) in [6.45, 7) is 3.88. The van der Waals surface area contributed by atoms with Crippen LogP contribution in [0.25, 0.3) is 0 Å². The van der Waals surface area contributed by atoms with Gasteiger partial charge in [-0.3, -0.25) is 14.5 Å². The summed E-state index contributed by atoms with van der Waals surface area (Å²) in [6.07, 6.45) is 7.05. The maximum atomic E-state index is 12.1. The van der Waals surface area contributed by atoms with E-state index < -0.39 is 0 Å².